The van der Waals surface area contributed by atoms with Crippen molar-refractivity contribution in [3.63, 3.8) is 0 Å². The Morgan fingerprint density at radius 1 is 0.312 bits per heavy atom. The smallest absolute Gasteiger partial charge is 0.160 e. The molecule has 0 saturated carbocycles. The molecule has 298 valence electrons. The van der Waals surface area contributed by atoms with Crippen LogP contribution < -0.4 is 4.74 Å². The lowest BCUT2D eigenvalue weighted by atomic mass is 9.65. The largest absolute Gasteiger partial charge is 0.457 e. The highest BCUT2D eigenvalue weighted by Crippen LogP contribution is 2.62. The van der Waals surface area contributed by atoms with Gasteiger partial charge in [0, 0.05) is 44.2 Å². The molecule has 0 amide bonds. The normalized spacial score (nSPS) is 12.9. The summed E-state index contributed by atoms with van der Waals surface area (Å²) in [4.78, 5) is 15.6. The van der Waals surface area contributed by atoms with E-state index >= 15 is 0 Å². The number of hydrogen-bond acceptors (Lipinski definition) is 4. The summed E-state index contributed by atoms with van der Waals surface area (Å²) >= 11 is 0. The Morgan fingerprint density at radius 2 is 0.828 bits per heavy atom. The molecule has 4 heteroatoms. The van der Waals surface area contributed by atoms with Gasteiger partial charge in [0.1, 0.15) is 11.5 Å². The van der Waals surface area contributed by atoms with Gasteiger partial charge in [0.15, 0.2) is 5.82 Å². The standard InChI is InChI=1S/C60H37N3O/c1-3-15-38(16-4-1)39-27-29-40(30-28-39)54-37-55(63-59(62-54)43-17-5-2-6-18-43)41-31-33-42(34-32-41)58-48-36-57-52(35-47(48)46-21-9-13-25-53(46)61-58)60(51-24-12-14-26-56(51)64-57)49-22-10-7-19-44(49)45-20-8-11-23-50(45)60/h1-37H. The van der Waals surface area contributed by atoms with E-state index in [4.69, 9.17) is 19.7 Å². The Morgan fingerprint density at radius 3 is 1.50 bits per heavy atom. The lowest BCUT2D eigenvalue weighted by Gasteiger charge is -2.39. The molecule has 0 saturated heterocycles. The van der Waals surface area contributed by atoms with Crippen molar-refractivity contribution in [2.24, 2.45) is 0 Å². The molecule has 0 bridgehead atoms. The first kappa shape index (κ1) is 36.2. The van der Waals surface area contributed by atoms with Crippen LogP contribution in [0.5, 0.6) is 11.5 Å². The highest BCUT2D eigenvalue weighted by atomic mass is 16.5. The van der Waals surface area contributed by atoms with E-state index in [2.05, 4.69) is 200 Å². The van der Waals surface area contributed by atoms with Gasteiger partial charge in [0.25, 0.3) is 0 Å². The van der Waals surface area contributed by atoms with Crippen molar-refractivity contribution in [1.82, 2.24) is 15.0 Å². The van der Waals surface area contributed by atoms with Crippen LogP contribution in [0, 0.1) is 0 Å². The molecule has 64 heavy (non-hydrogen) atoms. The second kappa shape index (κ2) is 14.3. The van der Waals surface area contributed by atoms with Crippen LogP contribution in [0.15, 0.2) is 224 Å². The van der Waals surface area contributed by atoms with E-state index in [0.29, 0.717) is 5.82 Å². The average Bonchev–Trinajstić information content (AvgIpc) is 3.66. The Bertz CT molecular complexity index is 3570. The molecule has 0 N–H and O–H groups in total. The molecule has 0 unspecified atom stereocenters. The molecule has 4 nitrogen and oxygen atoms in total. The third-order valence-electron chi connectivity index (χ3n) is 13.2. The van der Waals surface area contributed by atoms with Crippen molar-refractivity contribution in [2.75, 3.05) is 0 Å². The second-order valence-electron chi connectivity index (χ2n) is 16.7. The molecule has 0 atom stereocenters. The fourth-order valence-corrected chi connectivity index (χ4v) is 10.2. The molecule has 2 aromatic heterocycles. The minimum absolute atomic E-state index is 0.559. The minimum atomic E-state index is -0.559. The third-order valence-corrected chi connectivity index (χ3v) is 13.2. The maximum atomic E-state index is 6.96. The van der Waals surface area contributed by atoms with Crippen LogP contribution in [0.1, 0.15) is 22.3 Å². The summed E-state index contributed by atoms with van der Waals surface area (Å²) in [5.41, 5.74) is 16.7. The van der Waals surface area contributed by atoms with E-state index in [1.807, 2.05) is 24.3 Å². The summed E-state index contributed by atoms with van der Waals surface area (Å²) in [7, 11) is 0. The minimum Gasteiger partial charge on any atom is -0.457 e. The van der Waals surface area contributed by atoms with Crippen LogP contribution in [0.4, 0.5) is 0 Å². The van der Waals surface area contributed by atoms with Gasteiger partial charge in [-0.2, -0.15) is 0 Å². The number of rotatable bonds is 5. The zero-order valence-corrected chi connectivity index (χ0v) is 34.6. The van der Waals surface area contributed by atoms with E-state index in [0.717, 1.165) is 89.2 Å². The molecule has 3 heterocycles. The number of benzene rings is 9. The molecule has 0 fully saturated rings. The zero-order chi connectivity index (χ0) is 42.2. The van der Waals surface area contributed by atoms with E-state index < -0.39 is 5.41 Å². The maximum Gasteiger partial charge on any atom is 0.160 e. The average molecular weight is 816 g/mol. The van der Waals surface area contributed by atoms with Crippen molar-refractivity contribution < 1.29 is 4.74 Å². The van der Waals surface area contributed by atoms with Crippen molar-refractivity contribution >= 4 is 21.7 Å². The number of nitrogens with zero attached hydrogens (tertiary/aromatic N) is 3. The van der Waals surface area contributed by atoms with Crippen molar-refractivity contribution in [3.05, 3.63) is 247 Å². The maximum absolute atomic E-state index is 6.96. The number of fused-ring (bicyclic) bond motifs is 12. The third kappa shape index (κ3) is 5.52. The lowest BCUT2D eigenvalue weighted by Crippen LogP contribution is -2.32. The first-order valence-electron chi connectivity index (χ1n) is 21.8. The van der Waals surface area contributed by atoms with E-state index in [1.54, 1.807) is 0 Å². The molecule has 9 aromatic carbocycles. The van der Waals surface area contributed by atoms with Gasteiger partial charge >= 0.3 is 0 Å². The van der Waals surface area contributed by atoms with Gasteiger partial charge in [-0.25, -0.2) is 15.0 Å². The Hall–Kier alpha value is -8.47. The molecule has 13 rings (SSSR count). The number of para-hydroxylation sites is 2. The predicted octanol–water partition coefficient (Wildman–Crippen LogP) is 15.0. The summed E-state index contributed by atoms with van der Waals surface area (Å²) in [5, 5.41) is 3.28. The highest BCUT2D eigenvalue weighted by molar-refractivity contribution is 6.12. The lowest BCUT2D eigenvalue weighted by molar-refractivity contribution is 0.437. The molecule has 11 aromatic rings. The van der Waals surface area contributed by atoms with Gasteiger partial charge in [-0.3, -0.25) is 0 Å². The predicted molar refractivity (Wildman–Crippen MR) is 259 cm³/mol. The van der Waals surface area contributed by atoms with E-state index in [-0.39, 0.29) is 0 Å². The zero-order valence-electron chi connectivity index (χ0n) is 34.6. The molecule has 0 radical (unpaired) electrons. The summed E-state index contributed by atoms with van der Waals surface area (Å²) in [6.45, 7) is 0. The van der Waals surface area contributed by atoms with Crippen LogP contribution in [0.2, 0.25) is 0 Å². The first-order valence-corrected chi connectivity index (χ1v) is 21.8. The topological polar surface area (TPSA) is 47.9 Å². The number of ether oxygens (including phenoxy) is 1. The van der Waals surface area contributed by atoms with Gasteiger partial charge in [-0.15, -0.1) is 0 Å². The Labute approximate surface area is 370 Å². The summed E-state index contributed by atoms with van der Waals surface area (Å²) < 4.78 is 6.96. The molecular weight excluding hydrogens is 779 g/mol. The van der Waals surface area contributed by atoms with Gasteiger partial charge in [0.2, 0.25) is 0 Å². The van der Waals surface area contributed by atoms with E-state index in [9.17, 15) is 0 Å². The van der Waals surface area contributed by atoms with Crippen molar-refractivity contribution in [3.8, 4) is 78.9 Å². The van der Waals surface area contributed by atoms with Crippen LogP contribution in [-0.4, -0.2) is 15.0 Å². The fraction of sp³-hybridized carbons (Fsp3) is 0.0167. The van der Waals surface area contributed by atoms with Crippen LogP contribution >= 0.6 is 0 Å². The second-order valence-corrected chi connectivity index (χ2v) is 16.7. The summed E-state index contributed by atoms with van der Waals surface area (Å²) in [5.74, 6) is 2.39. The van der Waals surface area contributed by atoms with E-state index in [1.165, 1.54) is 27.8 Å². The Kier molecular flexibility index (Phi) is 8.09. The first-order chi connectivity index (χ1) is 31.7. The van der Waals surface area contributed by atoms with Crippen LogP contribution in [-0.2, 0) is 5.41 Å². The van der Waals surface area contributed by atoms with Gasteiger partial charge in [-0.05, 0) is 69.1 Å². The molecule has 1 spiro atoms. The quantitative estimate of drug-likeness (QED) is 0.162. The highest BCUT2D eigenvalue weighted by Gasteiger charge is 2.51. The number of aromatic nitrogens is 3. The monoisotopic (exact) mass is 815 g/mol. The number of pyridine rings is 1. The van der Waals surface area contributed by atoms with Crippen molar-refractivity contribution in [1.29, 1.82) is 0 Å². The summed E-state index contributed by atoms with van der Waals surface area (Å²) in [6, 6.07) is 79.4. The molecule has 1 aliphatic heterocycles. The molecule has 2 aliphatic rings. The van der Waals surface area contributed by atoms with Gasteiger partial charge < -0.3 is 4.74 Å². The Balaban J connectivity index is 0.966. The SMILES string of the molecule is c1ccc(-c2ccc(-c3cc(-c4ccc(-c5nc6ccccc6c6cc7c(cc56)Oc5ccccc5C75c6ccccc6-c6ccccc65)cc4)nc(-c4ccccc4)n3)cc2)cc1. The van der Waals surface area contributed by atoms with Gasteiger partial charge in [0.05, 0.1) is 28.0 Å². The van der Waals surface area contributed by atoms with Crippen molar-refractivity contribution in [2.45, 2.75) is 5.41 Å². The molecular formula is C60H37N3O. The number of hydrogen-bond donors (Lipinski definition) is 0. The van der Waals surface area contributed by atoms with Crippen LogP contribution in [0.25, 0.3) is 89.1 Å². The van der Waals surface area contributed by atoms with Crippen LogP contribution in [0.3, 0.4) is 0 Å². The molecule has 1 aliphatic carbocycles. The summed E-state index contributed by atoms with van der Waals surface area (Å²) in [6.07, 6.45) is 0. The fourth-order valence-electron chi connectivity index (χ4n) is 10.2. The van der Waals surface area contributed by atoms with Gasteiger partial charge in [-0.1, -0.05) is 194 Å².